The van der Waals surface area contributed by atoms with Crippen molar-refractivity contribution in [3.05, 3.63) is 11.1 Å². The number of thiazole rings is 1. The number of rotatable bonds is 4. The summed E-state index contributed by atoms with van der Waals surface area (Å²) in [4.78, 5) is 9.34. The van der Waals surface area contributed by atoms with E-state index in [1.54, 1.807) is 18.4 Å². The topological polar surface area (TPSA) is 28.6 Å². The van der Waals surface area contributed by atoms with E-state index < -0.39 is 0 Å². The minimum absolute atomic E-state index is 0.830. The van der Waals surface area contributed by atoms with E-state index in [4.69, 9.17) is 4.74 Å². The fourth-order valence-electron chi connectivity index (χ4n) is 1.87. The Morgan fingerprint density at radius 3 is 2.69 bits per heavy atom. The van der Waals surface area contributed by atoms with Gasteiger partial charge in [-0.05, 0) is 6.92 Å². The van der Waals surface area contributed by atoms with Crippen LogP contribution in [0.2, 0.25) is 0 Å². The van der Waals surface area contributed by atoms with Crippen LogP contribution >= 0.6 is 11.3 Å². The van der Waals surface area contributed by atoms with Crippen LogP contribution in [0.5, 0.6) is 0 Å². The fourth-order valence-corrected chi connectivity index (χ4v) is 2.73. The molecule has 0 saturated carbocycles. The number of aryl methyl sites for hydroxylation is 1. The predicted octanol–water partition coefficient (Wildman–Crippen LogP) is 1.22. The molecule has 1 saturated heterocycles. The second kappa shape index (κ2) is 5.61. The quantitative estimate of drug-likeness (QED) is 0.792. The Hall–Kier alpha value is -0.650. The van der Waals surface area contributed by atoms with Crippen molar-refractivity contribution < 1.29 is 4.74 Å². The maximum atomic E-state index is 5.09. The lowest BCUT2D eigenvalue weighted by Gasteiger charge is -2.34. The van der Waals surface area contributed by atoms with Crippen molar-refractivity contribution in [2.24, 2.45) is 0 Å². The van der Waals surface area contributed by atoms with E-state index >= 15 is 0 Å². The third-order valence-corrected chi connectivity index (χ3v) is 3.88. The summed E-state index contributed by atoms with van der Waals surface area (Å²) in [5.41, 5.74) is 1.13. The number of nitrogens with zero attached hydrogens (tertiary/aromatic N) is 3. The minimum atomic E-state index is 0.830. The zero-order valence-corrected chi connectivity index (χ0v) is 10.8. The van der Waals surface area contributed by atoms with Crippen molar-refractivity contribution in [3.8, 4) is 0 Å². The van der Waals surface area contributed by atoms with Crippen LogP contribution in [0.15, 0.2) is 5.38 Å². The molecule has 0 radical (unpaired) electrons. The van der Waals surface area contributed by atoms with E-state index in [0.29, 0.717) is 0 Å². The van der Waals surface area contributed by atoms with E-state index in [9.17, 15) is 0 Å². The molecule has 0 aromatic carbocycles. The van der Waals surface area contributed by atoms with E-state index in [0.717, 1.165) is 45.0 Å². The molecule has 0 spiro atoms. The lowest BCUT2D eigenvalue weighted by Crippen LogP contribution is -2.47. The molecular weight excluding hydrogens is 222 g/mol. The maximum Gasteiger partial charge on any atom is 0.185 e. The highest BCUT2D eigenvalue weighted by Gasteiger charge is 2.18. The first-order chi connectivity index (χ1) is 7.79. The molecule has 0 atom stereocenters. The molecule has 0 unspecified atom stereocenters. The molecule has 4 nitrogen and oxygen atoms in total. The first-order valence-corrected chi connectivity index (χ1v) is 6.56. The van der Waals surface area contributed by atoms with E-state index in [-0.39, 0.29) is 0 Å². The largest absolute Gasteiger partial charge is 0.383 e. The Bertz CT molecular complexity index is 321. The van der Waals surface area contributed by atoms with Crippen molar-refractivity contribution >= 4 is 16.5 Å². The molecule has 1 aromatic heterocycles. The molecule has 90 valence electrons. The van der Waals surface area contributed by atoms with E-state index in [1.165, 1.54) is 5.13 Å². The Balaban J connectivity index is 1.81. The van der Waals surface area contributed by atoms with Crippen LogP contribution in [-0.4, -0.2) is 56.3 Å². The van der Waals surface area contributed by atoms with Gasteiger partial charge in [0.2, 0.25) is 0 Å². The average Bonchev–Trinajstić information content (AvgIpc) is 2.74. The summed E-state index contributed by atoms with van der Waals surface area (Å²) in [6, 6.07) is 0. The summed E-state index contributed by atoms with van der Waals surface area (Å²) in [7, 11) is 1.76. The molecule has 1 fully saturated rings. The Morgan fingerprint density at radius 2 is 2.12 bits per heavy atom. The maximum absolute atomic E-state index is 5.09. The van der Waals surface area contributed by atoms with Crippen molar-refractivity contribution in [3.63, 3.8) is 0 Å². The summed E-state index contributed by atoms with van der Waals surface area (Å²) >= 11 is 1.75. The average molecular weight is 241 g/mol. The second-order valence-electron chi connectivity index (χ2n) is 4.09. The SMILES string of the molecule is COCCN1CCN(c2nc(C)cs2)CC1. The number of aromatic nitrogens is 1. The summed E-state index contributed by atoms with van der Waals surface area (Å²) in [6.07, 6.45) is 0. The van der Waals surface area contributed by atoms with Gasteiger partial charge in [-0.3, -0.25) is 4.90 Å². The summed E-state index contributed by atoms with van der Waals surface area (Å²) in [5, 5.41) is 3.29. The molecule has 1 aliphatic rings. The van der Waals surface area contributed by atoms with Gasteiger partial charge in [0.05, 0.1) is 12.3 Å². The third-order valence-electron chi connectivity index (χ3n) is 2.86. The number of hydrogen-bond donors (Lipinski definition) is 0. The molecule has 0 bridgehead atoms. The Labute approximate surface area is 101 Å². The van der Waals surface area contributed by atoms with Gasteiger partial charge in [-0.2, -0.15) is 0 Å². The highest BCUT2D eigenvalue weighted by atomic mass is 32.1. The molecule has 0 amide bonds. The molecule has 16 heavy (non-hydrogen) atoms. The lowest BCUT2D eigenvalue weighted by molar-refractivity contribution is 0.144. The molecular formula is C11H19N3OS. The standard InChI is InChI=1S/C11H19N3OS/c1-10-9-16-11(12-10)14-5-3-13(4-6-14)7-8-15-2/h9H,3-8H2,1-2H3. The highest BCUT2D eigenvalue weighted by molar-refractivity contribution is 7.13. The summed E-state index contributed by atoms with van der Waals surface area (Å²) in [6.45, 7) is 8.31. The monoisotopic (exact) mass is 241 g/mol. The number of piperazine rings is 1. The van der Waals surface area contributed by atoms with E-state index in [2.05, 4.69) is 27.1 Å². The van der Waals surface area contributed by atoms with Gasteiger partial charge in [-0.15, -0.1) is 11.3 Å². The van der Waals surface area contributed by atoms with Gasteiger partial charge in [0.1, 0.15) is 0 Å². The number of hydrogen-bond acceptors (Lipinski definition) is 5. The van der Waals surface area contributed by atoms with Gasteiger partial charge in [0.15, 0.2) is 5.13 Å². The zero-order valence-electron chi connectivity index (χ0n) is 9.98. The van der Waals surface area contributed by atoms with E-state index in [1.807, 2.05) is 0 Å². The van der Waals surface area contributed by atoms with Crippen molar-refractivity contribution in [2.75, 3.05) is 51.3 Å². The zero-order chi connectivity index (χ0) is 11.4. The van der Waals surface area contributed by atoms with Crippen LogP contribution < -0.4 is 4.90 Å². The minimum Gasteiger partial charge on any atom is -0.383 e. The first-order valence-electron chi connectivity index (χ1n) is 5.68. The van der Waals surface area contributed by atoms with Gasteiger partial charge in [0, 0.05) is 45.2 Å². The van der Waals surface area contributed by atoms with Crippen LogP contribution in [0.1, 0.15) is 5.69 Å². The van der Waals surface area contributed by atoms with Crippen LogP contribution in [0.25, 0.3) is 0 Å². The van der Waals surface area contributed by atoms with Crippen LogP contribution in [0, 0.1) is 6.92 Å². The van der Waals surface area contributed by atoms with Gasteiger partial charge in [-0.1, -0.05) is 0 Å². The van der Waals surface area contributed by atoms with Gasteiger partial charge < -0.3 is 9.64 Å². The molecule has 1 aromatic rings. The van der Waals surface area contributed by atoms with Crippen LogP contribution in [0.3, 0.4) is 0 Å². The Morgan fingerprint density at radius 1 is 1.38 bits per heavy atom. The van der Waals surface area contributed by atoms with Crippen molar-refractivity contribution in [1.29, 1.82) is 0 Å². The molecule has 1 aliphatic heterocycles. The lowest BCUT2D eigenvalue weighted by atomic mass is 10.3. The molecule has 2 rings (SSSR count). The number of ether oxygens (including phenoxy) is 1. The predicted molar refractivity (Wildman–Crippen MR) is 67.4 cm³/mol. The van der Waals surface area contributed by atoms with Crippen LogP contribution in [0.4, 0.5) is 5.13 Å². The fraction of sp³-hybridized carbons (Fsp3) is 0.727. The molecule has 0 aliphatic carbocycles. The number of anilines is 1. The second-order valence-corrected chi connectivity index (χ2v) is 4.93. The van der Waals surface area contributed by atoms with Gasteiger partial charge in [0.25, 0.3) is 0 Å². The molecule has 5 heteroatoms. The van der Waals surface area contributed by atoms with Crippen LogP contribution in [-0.2, 0) is 4.74 Å². The molecule has 2 heterocycles. The summed E-state index contributed by atoms with van der Waals surface area (Å²) < 4.78 is 5.09. The van der Waals surface area contributed by atoms with Gasteiger partial charge in [-0.25, -0.2) is 4.98 Å². The first kappa shape index (κ1) is 11.8. The third kappa shape index (κ3) is 2.93. The Kier molecular flexibility index (Phi) is 4.15. The van der Waals surface area contributed by atoms with Gasteiger partial charge >= 0.3 is 0 Å². The highest BCUT2D eigenvalue weighted by Crippen LogP contribution is 2.21. The normalized spacial score (nSPS) is 18.0. The van der Waals surface area contributed by atoms with Crippen molar-refractivity contribution in [2.45, 2.75) is 6.92 Å². The smallest absolute Gasteiger partial charge is 0.185 e. The number of methoxy groups -OCH3 is 1. The summed E-state index contributed by atoms with van der Waals surface area (Å²) in [5.74, 6) is 0. The van der Waals surface area contributed by atoms with Crippen molar-refractivity contribution in [1.82, 2.24) is 9.88 Å². The molecule has 0 N–H and O–H groups in total.